The van der Waals surface area contributed by atoms with Gasteiger partial charge in [-0.3, -0.25) is 9.59 Å². The van der Waals surface area contributed by atoms with Gasteiger partial charge in [-0.2, -0.15) is 5.10 Å². The van der Waals surface area contributed by atoms with Crippen LogP contribution in [0.1, 0.15) is 20.8 Å². The molecule has 0 saturated carbocycles. The first-order valence-electron chi connectivity index (χ1n) is 8.22. The third kappa shape index (κ3) is 5.49. The Hall–Kier alpha value is -3.51. The minimum absolute atomic E-state index is 0.318. The van der Waals surface area contributed by atoms with Gasteiger partial charge < -0.3 is 5.32 Å². The first kappa shape index (κ1) is 18.3. The van der Waals surface area contributed by atoms with Crippen LogP contribution in [0, 0.1) is 0 Å². The summed E-state index contributed by atoms with van der Waals surface area (Å²) < 4.78 is 0. The molecule has 27 heavy (non-hydrogen) atoms. The molecule has 0 bridgehead atoms. The molecule has 3 aromatic rings. The highest BCUT2D eigenvalue weighted by Gasteiger charge is 2.11. The van der Waals surface area contributed by atoms with Crippen LogP contribution in [-0.4, -0.2) is 18.0 Å². The third-order valence-corrected chi connectivity index (χ3v) is 4.36. The summed E-state index contributed by atoms with van der Waals surface area (Å²) in [5.41, 5.74) is 4.15. The van der Waals surface area contributed by atoms with E-state index in [1.165, 1.54) is 17.4 Å². The Morgan fingerprint density at radius 3 is 2.48 bits per heavy atom. The fourth-order valence-corrected chi connectivity index (χ4v) is 2.87. The molecular weight excluding hydrogens is 358 g/mol. The number of anilines is 1. The molecule has 0 fully saturated rings. The number of para-hydroxylation sites is 1. The fraction of sp³-hybridized carbons (Fsp3) is 0. The Morgan fingerprint density at radius 1 is 0.926 bits per heavy atom. The highest BCUT2D eigenvalue weighted by Crippen LogP contribution is 2.15. The largest absolute Gasteiger partial charge is 0.322 e. The smallest absolute Gasteiger partial charge is 0.273 e. The van der Waals surface area contributed by atoms with Crippen molar-refractivity contribution in [2.45, 2.75) is 0 Å². The van der Waals surface area contributed by atoms with Crippen LogP contribution in [0.4, 0.5) is 5.69 Å². The van der Waals surface area contributed by atoms with Gasteiger partial charge in [-0.15, -0.1) is 11.3 Å². The van der Waals surface area contributed by atoms with Crippen molar-refractivity contribution < 1.29 is 9.59 Å². The molecule has 134 valence electrons. The fourth-order valence-electron chi connectivity index (χ4n) is 2.28. The predicted octanol–water partition coefficient (Wildman–Crippen LogP) is 4.16. The zero-order valence-electron chi connectivity index (χ0n) is 14.3. The summed E-state index contributed by atoms with van der Waals surface area (Å²) in [6.45, 7) is 0. The van der Waals surface area contributed by atoms with Gasteiger partial charge in [0.2, 0.25) is 5.91 Å². The molecule has 2 amide bonds. The molecule has 0 saturated heterocycles. The van der Waals surface area contributed by atoms with Gasteiger partial charge in [0, 0.05) is 11.0 Å². The SMILES string of the molecule is O=C(/C=C/c1ccccc1)Nc1ccccc1C(=O)N/N=C\c1cccs1. The topological polar surface area (TPSA) is 70.6 Å². The monoisotopic (exact) mass is 375 g/mol. The summed E-state index contributed by atoms with van der Waals surface area (Å²) in [5.74, 6) is -0.716. The van der Waals surface area contributed by atoms with Crippen LogP contribution in [0.15, 0.2) is 83.3 Å². The molecule has 6 heteroatoms. The van der Waals surface area contributed by atoms with Crippen LogP contribution in [0.25, 0.3) is 6.08 Å². The second-order valence-corrected chi connectivity index (χ2v) is 6.47. The number of amides is 2. The number of hydrogen-bond acceptors (Lipinski definition) is 4. The summed E-state index contributed by atoms with van der Waals surface area (Å²) in [6.07, 6.45) is 4.72. The molecule has 2 N–H and O–H groups in total. The predicted molar refractivity (Wildman–Crippen MR) is 110 cm³/mol. The van der Waals surface area contributed by atoms with Gasteiger partial charge in [0.25, 0.3) is 5.91 Å². The van der Waals surface area contributed by atoms with Crippen molar-refractivity contribution in [1.82, 2.24) is 5.43 Å². The number of thiophene rings is 1. The first-order valence-corrected chi connectivity index (χ1v) is 9.10. The van der Waals surface area contributed by atoms with E-state index in [4.69, 9.17) is 0 Å². The van der Waals surface area contributed by atoms with E-state index in [0.29, 0.717) is 11.3 Å². The number of carbonyl (C=O) groups is 2. The molecule has 0 atom stereocenters. The summed E-state index contributed by atoms with van der Waals surface area (Å²) >= 11 is 1.52. The Kier molecular flexibility index (Phi) is 6.27. The van der Waals surface area contributed by atoms with E-state index in [-0.39, 0.29) is 5.91 Å². The zero-order valence-corrected chi connectivity index (χ0v) is 15.1. The zero-order chi connectivity index (χ0) is 18.9. The highest BCUT2D eigenvalue weighted by atomic mass is 32.1. The Labute approximate surface area is 161 Å². The lowest BCUT2D eigenvalue weighted by molar-refractivity contribution is -0.111. The molecule has 0 aliphatic carbocycles. The number of nitrogens with one attached hydrogen (secondary N) is 2. The van der Waals surface area contributed by atoms with Crippen molar-refractivity contribution in [3.05, 3.63) is 94.2 Å². The normalized spacial score (nSPS) is 11.0. The van der Waals surface area contributed by atoms with Gasteiger partial charge in [-0.05, 0) is 35.2 Å². The maximum atomic E-state index is 12.4. The lowest BCUT2D eigenvalue weighted by Crippen LogP contribution is -2.20. The molecule has 1 heterocycles. The Morgan fingerprint density at radius 2 is 1.70 bits per heavy atom. The summed E-state index contributed by atoms with van der Waals surface area (Å²) in [7, 11) is 0. The van der Waals surface area contributed by atoms with Crippen LogP contribution >= 0.6 is 11.3 Å². The highest BCUT2D eigenvalue weighted by molar-refractivity contribution is 7.11. The minimum atomic E-state index is -0.397. The van der Waals surface area contributed by atoms with Crippen molar-refractivity contribution in [2.75, 3.05) is 5.32 Å². The first-order chi connectivity index (χ1) is 13.2. The van der Waals surface area contributed by atoms with Crippen molar-refractivity contribution in [3.63, 3.8) is 0 Å². The Balaban J connectivity index is 1.65. The van der Waals surface area contributed by atoms with Gasteiger partial charge >= 0.3 is 0 Å². The second-order valence-electron chi connectivity index (χ2n) is 5.49. The van der Waals surface area contributed by atoms with Crippen LogP contribution in [0.5, 0.6) is 0 Å². The van der Waals surface area contributed by atoms with Crippen molar-refractivity contribution in [3.8, 4) is 0 Å². The van der Waals surface area contributed by atoms with E-state index in [0.717, 1.165) is 10.4 Å². The standard InChI is InChI=1S/C21H17N3O2S/c25-20(13-12-16-7-2-1-3-8-16)23-19-11-5-4-10-18(19)21(26)24-22-15-17-9-6-14-27-17/h1-15H,(H,23,25)(H,24,26)/b13-12+,22-15-. The van der Waals surface area contributed by atoms with Crippen molar-refractivity contribution in [1.29, 1.82) is 0 Å². The van der Waals surface area contributed by atoms with E-state index in [1.54, 1.807) is 36.6 Å². The van der Waals surface area contributed by atoms with Crippen LogP contribution in [0.2, 0.25) is 0 Å². The van der Waals surface area contributed by atoms with Crippen molar-refractivity contribution >= 4 is 41.1 Å². The van der Waals surface area contributed by atoms with Gasteiger partial charge in [0.15, 0.2) is 0 Å². The Bertz CT molecular complexity index is 964. The van der Waals surface area contributed by atoms with Gasteiger partial charge in [-0.1, -0.05) is 48.5 Å². The summed E-state index contributed by atoms with van der Waals surface area (Å²) in [4.78, 5) is 25.5. The van der Waals surface area contributed by atoms with Crippen LogP contribution in [0.3, 0.4) is 0 Å². The average Bonchev–Trinajstić information content (AvgIpc) is 3.21. The molecule has 0 spiro atoms. The number of hydrogen-bond donors (Lipinski definition) is 2. The summed E-state index contributed by atoms with van der Waals surface area (Å²) in [6, 6.07) is 20.1. The van der Waals surface area contributed by atoms with Crippen molar-refractivity contribution in [2.24, 2.45) is 5.10 Å². The van der Waals surface area contributed by atoms with Gasteiger partial charge in [0.1, 0.15) is 0 Å². The van der Waals surface area contributed by atoms with E-state index in [9.17, 15) is 9.59 Å². The quantitative estimate of drug-likeness (QED) is 0.386. The maximum absolute atomic E-state index is 12.4. The number of benzene rings is 2. The number of nitrogens with zero attached hydrogens (tertiary/aromatic N) is 1. The molecular formula is C21H17N3O2S. The van der Waals surface area contributed by atoms with E-state index < -0.39 is 5.91 Å². The average molecular weight is 375 g/mol. The molecule has 0 unspecified atom stereocenters. The number of hydrazone groups is 1. The van der Waals surface area contributed by atoms with E-state index >= 15 is 0 Å². The van der Waals surface area contributed by atoms with Crippen LogP contribution in [-0.2, 0) is 4.79 Å². The molecule has 2 aromatic carbocycles. The molecule has 1 aromatic heterocycles. The third-order valence-electron chi connectivity index (χ3n) is 3.56. The molecule has 0 aliphatic rings. The number of rotatable bonds is 6. The molecule has 3 rings (SSSR count). The lowest BCUT2D eigenvalue weighted by Gasteiger charge is -2.08. The second kappa shape index (κ2) is 9.26. The van der Waals surface area contributed by atoms with Gasteiger partial charge in [0.05, 0.1) is 17.5 Å². The minimum Gasteiger partial charge on any atom is -0.322 e. The molecule has 0 aliphatic heterocycles. The van der Waals surface area contributed by atoms with Gasteiger partial charge in [-0.25, -0.2) is 5.43 Å². The van der Waals surface area contributed by atoms with Crippen LogP contribution < -0.4 is 10.7 Å². The van der Waals surface area contributed by atoms with E-state index in [2.05, 4.69) is 15.8 Å². The molecule has 5 nitrogen and oxygen atoms in total. The lowest BCUT2D eigenvalue weighted by atomic mass is 10.1. The number of carbonyl (C=O) groups excluding carboxylic acids is 2. The van der Waals surface area contributed by atoms with E-state index in [1.807, 2.05) is 47.8 Å². The summed E-state index contributed by atoms with van der Waals surface area (Å²) in [5, 5.41) is 8.60. The maximum Gasteiger partial charge on any atom is 0.273 e. The molecule has 0 radical (unpaired) electrons.